The summed E-state index contributed by atoms with van der Waals surface area (Å²) in [5, 5.41) is 5.42. The van der Waals surface area contributed by atoms with E-state index in [-0.39, 0.29) is 29.2 Å². The highest BCUT2D eigenvalue weighted by Crippen LogP contribution is 2.23. The fourth-order valence-electron chi connectivity index (χ4n) is 2.36. The third kappa shape index (κ3) is 3.58. The van der Waals surface area contributed by atoms with Gasteiger partial charge in [0.05, 0.1) is 17.2 Å². The predicted molar refractivity (Wildman–Crippen MR) is 82.3 cm³/mol. The van der Waals surface area contributed by atoms with Crippen LogP contribution < -0.4 is 10.6 Å². The van der Waals surface area contributed by atoms with Crippen LogP contribution in [-0.4, -0.2) is 35.9 Å². The van der Waals surface area contributed by atoms with Crippen LogP contribution >= 0.6 is 0 Å². The van der Waals surface area contributed by atoms with Gasteiger partial charge in [0.1, 0.15) is 5.82 Å². The molecule has 0 spiro atoms. The number of hydrogen-bond acceptors (Lipinski definition) is 6. The van der Waals surface area contributed by atoms with Crippen molar-refractivity contribution in [1.82, 2.24) is 9.97 Å². The van der Waals surface area contributed by atoms with E-state index >= 15 is 0 Å². The number of nitrogens with one attached hydrogen (secondary N) is 2. The monoisotopic (exact) mass is 358 g/mol. The maximum atomic E-state index is 13.6. The van der Waals surface area contributed by atoms with Crippen molar-refractivity contribution >= 4 is 27.3 Å². The average Bonchev–Trinajstić information content (AvgIpc) is 2.87. The molecular weight excluding hydrogens is 345 g/mol. The second-order valence-corrected chi connectivity index (χ2v) is 7.59. The number of aromatic nitrogens is 2. The molecule has 0 aliphatic carbocycles. The van der Waals surface area contributed by atoms with Crippen LogP contribution in [0, 0.1) is 17.5 Å². The number of benzene rings is 1. The molecule has 24 heavy (non-hydrogen) atoms. The number of halogens is 3. The molecule has 1 unspecified atom stereocenters. The van der Waals surface area contributed by atoms with Gasteiger partial charge in [0.15, 0.2) is 27.3 Å². The van der Waals surface area contributed by atoms with E-state index in [1.54, 1.807) is 0 Å². The molecule has 128 valence electrons. The highest BCUT2D eigenvalue weighted by atomic mass is 32.2. The van der Waals surface area contributed by atoms with Crippen molar-refractivity contribution in [2.75, 3.05) is 22.1 Å². The lowest BCUT2D eigenvalue weighted by atomic mass is 10.2. The van der Waals surface area contributed by atoms with Crippen LogP contribution in [0.5, 0.6) is 0 Å². The summed E-state index contributed by atoms with van der Waals surface area (Å²) in [6.45, 7) is 0. The molecule has 2 aromatic rings. The van der Waals surface area contributed by atoms with Gasteiger partial charge in [0, 0.05) is 12.2 Å². The highest BCUT2D eigenvalue weighted by molar-refractivity contribution is 7.91. The Hall–Kier alpha value is -2.36. The molecule has 1 saturated heterocycles. The average molecular weight is 358 g/mol. The van der Waals surface area contributed by atoms with Crippen molar-refractivity contribution in [3.05, 3.63) is 41.8 Å². The minimum absolute atomic E-state index is 0.0115. The number of sulfone groups is 1. The van der Waals surface area contributed by atoms with Crippen LogP contribution in [0.25, 0.3) is 0 Å². The lowest BCUT2D eigenvalue weighted by Crippen LogP contribution is -2.21. The summed E-state index contributed by atoms with van der Waals surface area (Å²) >= 11 is 0. The first-order valence-electron chi connectivity index (χ1n) is 7.04. The Kier molecular flexibility index (Phi) is 4.31. The fraction of sp³-hybridized carbons (Fsp3) is 0.286. The van der Waals surface area contributed by atoms with E-state index in [1.807, 2.05) is 0 Å². The summed E-state index contributed by atoms with van der Waals surface area (Å²) < 4.78 is 62.7. The van der Waals surface area contributed by atoms with E-state index in [0.29, 0.717) is 12.2 Å². The standard InChI is InChI=1S/C14H13F3N4O2S/c15-9-1-2-10(13(17)12(9)16)20-14-18-5-3-11(21-14)19-8-4-6-24(22,23)7-8/h1-3,5,8H,4,6-7H2,(H2,18,19,20,21). The number of nitrogens with zero attached hydrogens (tertiary/aromatic N) is 2. The minimum Gasteiger partial charge on any atom is -0.366 e. The zero-order valence-electron chi connectivity index (χ0n) is 12.3. The molecule has 0 bridgehead atoms. The molecule has 1 aliphatic heterocycles. The Labute approximate surface area is 136 Å². The number of anilines is 3. The molecule has 1 aromatic heterocycles. The quantitative estimate of drug-likeness (QED) is 0.816. The Balaban J connectivity index is 1.75. The second kappa shape index (κ2) is 6.27. The van der Waals surface area contributed by atoms with Gasteiger partial charge in [-0.3, -0.25) is 0 Å². The van der Waals surface area contributed by atoms with Gasteiger partial charge in [-0.2, -0.15) is 4.98 Å². The summed E-state index contributed by atoms with van der Waals surface area (Å²) in [5.41, 5.74) is -0.311. The van der Waals surface area contributed by atoms with Crippen molar-refractivity contribution in [3.63, 3.8) is 0 Å². The van der Waals surface area contributed by atoms with Crippen LogP contribution in [-0.2, 0) is 9.84 Å². The molecule has 10 heteroatoms. The summed E-state index contributed by atoms with van der Waals surface area (Å²) in [7, 11) is -3.04. The lowest BCUT2D eigenvalue weighted by Gasteiger charge is -2.12. The Morgan fingerprint density at radius 1 is 1.12 bits per heavy atom. The van der Waals surface area contributed by atoms with Gasteiger partial charge in [-0.1, -0.05) is 0 Å². The minimum atomic E-state index is -3.04. The van der Waals surface area contributed by atoms with Gasteiger partial charge in [-0.25, -0.2) is 26.6 Å². The zero-order chi connectivity index (χ0) is 17.3. The van der Waals surface area contributed by atoms with Gasteiger partial charge in [-0.05, 0) is 24.6 Å². The van der Waals surface area contributed by atoms with Crippen molar-refractivity contribution in [1.29, 1.82) is 0 Å². The summed E-state index contributed by atoms with van der Waals surface area (Å²) in [6.07, 6.45) is 1.84. The zero-order valence-corrected chi connectivity index (χ0v) is 13.1. The maximum absolute atomic E-state index is 13.6. The smallest absolute Gasteiger partial charge is 0.229 e. The van der Waals surface area contributed by atoms with Crippen LogP contribution in [0.4, 0.5) is 30.6 Å². The first kappa shape index (κ1) is 16.5. The number of hydrogen-bond donors (Lipinski definition) is 2. The van der Waals surface area contributed by atoms with E-state index in [2.05, 4.69) is 20.6 Å². The van der Waals surface area contributed by atoms with Crippen molar-refractivity contribution in [2.45, 2.75) is 12.5 Å². The normalized spacial score (nSPS) is 19.2. The van der Waals surface area contributed by atoms with Crippen molar-refractivity contribution in [2.24, 2.45) is 0 Å². The molecule has 1 aliphatic rings. The first-order valence-corrected chi connectivity index (χ1v) is 8.87. The molecule has 0 saturated carbocycles. The molecule has 6 nitrogen and oxygen atoms in total. The first-order chi connectivity index (χ1) is 11.3. The third-order valence-electron chi connectivity index (χ3n) is 3.52. The Bertz CT molecular complexity index is 876. The van der Waals surface area contributed by atoms with Gasteiger partial charge in [-0.15, -0.1) is 0 Å². The van der Waals surface area contributed by atoms with Gasteiger partial charge < -0.3 is 10.6 Å². The predicted octanol–water partition coefficient (Wildman–Crippen LogP) is 2.24. The topological polar surface area (TPSA) is 84.0 Å². The molecule has 0 amide bonds. The van der Waals surface area contributed by atoms with E-state index in [0.717, 1.165) is 12.1 Å². The molecule has 1 atom stereocenters. The van der Waals surface area contributed by atoms with Gasteiger partial charge in [0.25, 0.3) is 0 Å². The van der Waals surface area contributed by atoms with Gasteiger partial charge in [0.2, 0.25) is 5.95 Å². The molecule has 1 aromatic carbocycles. The fourth-order valence-corrected chi connectivity index (χ4v) is 4.03. The van der Waals surface area contributed by atoms with Crippen LogP contribution in [0.15, 0.2) is 24.4 Å². The van der Waals surface area contributed by atoms with Crippen LogP contribution in [0.3, 0.4) is 0 Å². The van der Waals surface area contributed by atoms with Crippen LogP contribution in [0.2, 0.25) is 0 Å². The maximum Gasteiger partial charge on any atom is 0.229 e. The lowest BCUT2D eigenvalue weighted by molar-refractivity contribution is 0.449. The Morgan fingerprint density at radius 2 is 1.92 bits per heavy atom. The summed E-state index contributed by atoms with van der Waals surface area (Å²) in [4.78, 5) is 7.93. The van der Waals surface area contributed by atoms with Crippen molar-refractivity contribution < 1.29 is 21.6 Å². The molecule has 2 N–H and O–H groups in total. The van der Waals surface area contributed by atoms with Gasteiger partial charge >= 0.3 is 0 Å². The molecule has 3 rings (SSSR count). The van der Waals surface area contributed by atoms with Crippen molar-refractivity contribution in [3.8, 4) is 0 Å². The largest absolute Gasteiger partial charge is 0.366 e. The molecular formula is C14H13F3N4O2S. The van der Waals surface area contributed by atoms with E-state index < -0.39 is 27.3 Å². The van der Waals surface area contributed by atoms with Crippen LogP contribution in [0.1, 0.15) is 6.42 Å². The van der Waals surface area contributed by atoms with E-state index in [1.165, 1.54) is 12.3 Å². The highest BCUT2D eigenvalue weighted by Gasteiger charge is 2.28. The third-order valence-corrected chi connectivity index (χ3v) is 5.29. The van der Waals surface area contributed by atoms with E-state index in [4.69, 9.17) is 0 Å². The Morgan fingerprint density at radius 3 is 2.62 bits per heavy atom. The second-order valence-electron chi connectivity index (χ2n) is 5.36. The SMILES string of the molecule is O=S1(=O)CCC(Nc2ccnc(Nc3ccc(F)c(F)c3F)n2)C1. The summed E-state index contributed by atoms with van der Waals surface area (Å²) in [6, 6.07) is 3.07. The molecule has 1 fully saturated rings. The summed E-state index contributed by atoms with van der Waals surface area (Å²) in [5.74, 6) is -3.83. The molecule has 0 radical (unpaired) electrons. The molecule has 2 heterocycles. The van der Waals surface area contributed by atoms with E-state index in [9.17, 15) is 21.6 Å². The number of rotatable bonds is 4.